The van der Waals surface area contributed by atoms with Crippen LogP contribution in [-0.4, -0.2) is 15.0 Å². The van der Waals surface area contributed by atoms with Crippen LogP contribution in [0.4, 0.5) is 0 Å². The Labute approximate surface area is 66.5 Å². The highest BCUT2D eigenvalue weighted by Gasteiger charge is 2.01. The molecule has 0 aliphatic heterocycles. The van der Waals surface area contributed by atoms with Gasteiger partial charge in [-0.15, -0.1) is 0 Å². The Morgan fingerprint density at radius 2 is 2.09 bits per heavy atom. The van der Waals surface area contributed by atoms with Gasteiger partial charge in [0, 0.05) is 0 Å². The third-order valence-corrected chi connectivity index (χ3v) is 1.74. The molecule has 5 nitrogen and oxygen atoms in total. The van der Waals surface area contributed by atoms with Gasteiger partial charge in [0.1, 0.15) is 0 Å². The first-order valence-electron chi connectivity index (χ1n) is 3.38. The van der Waals surface area contributed by atoms with Crippen LogP contribution >= 0.6 is 0 Å². The second-order valence-corrected chi connectivity index (χ2v) is 3.29. The lowest BCUT2D eigenvalue weighted by Crippen LogP contribution is -2.02. The predicted octanol–water partition coefficient (Wildman–Crippen LogP) is 1.46. The van der Waals surface area contributed by atoms with E-state index in [9.17, 15) is 8.42 Å². The SMILES string of the molecule is CCCCCOS(=O)(=O)N=[N-]. The smallest absolute Gasteiger partial charge is 0.361 e. The van der Waals surface area contributed by atoms with E-state index in [1.54, 1.807) is 0 Å². The van der Waals surface area contributed by atoms with Crippen molar-refractivity contribution in [1.82, 2.24) is 0 Å². The van der Waals surface area contributed by atoms with Crippen LogP contribution < -0.4 is 0 Å². The van der Waals surface area contributed by atoms with Crippen LogP contribution in [0.15, 0.2) is 4.52 Å². The minimum Gasteiger partial charge on any atom is -0.693 e. The molecule has 0 amide bonds. The van der Waals surface area contributed by atoms with Gasteiger partial charge in [0.05, 0.1) is 6.61 Å². The maximum absolute atomic E-state index is 10.3. The molecule has 0 unspecified atom stereocenters. The molecule has 0 bridgehead atoms. The Bertz CT molecular complexity index is 200. The minimum absolute atomic E-state index is 0.0836. The molecule has 0 saturated carbocycles. The maximum Gasteiger partial charge on any atom is 0.361 e. The highest BCUT2D eigenvalue weighted by molar-refractivity contribution is 7.85. The van der Waals surface area contributed by atoms with Crippen LogP contribution in [0.1, 0.15) is 26.2 Å². The van der Waals surface area contributed by atoms with Gasteiger partial charge < -0.3 is 5.53 Å². The third kappa shape index (κ3) is 5.93. The molecule has 0 aromatic rings. The standard InChI is InChI=1S/C5H11N2O3S/c1-2-3-4-5-10-11(8,9)7-6/h2-5H2,1H3/q-1. The zero-order valence-electron chi connectivity index (χ0n) is 6.36. The van der Waals surface area contributed by atoms with Crippen molar-refractivity contribution in [3.63, 3.8) is 0 Å². The first-order chi connectivity index (χ1) is 5.12. The van der Waals surface area contributed by atoms with Crippen LogP contribution in [0.3, 0.4) is 0 Å². The van der Waals surface area contributed by atoms with Gasteiger partial charge in [-0.3, -0.25) is 8.70 Å². The summed E-state index contributed by atoms with van der Waals surface area (Å²) in [4.78, 5) is 0. The van der Waals surface area contributed by atoms with E-state index in [0.717, 1.165) is 12.8 Å². The number of rotatable bonds is 6. The summed E-state index contributed by atoms with van der Waals surface area (Å²) in [5, 5.41) is 0. The van der Waals surface area contributed by atoms with Gasteiger partial charge in [0.25, 0.3) is 0 Å². The number of nitrogens with zero attached hydrogens (tertiary/aromatic N) is 2. The number of unbranched alkanes of at least 4 members (excludes halogenated alkanes) is 2. The van der Waals surface area contributed by atoms with E-state index in [-0.39, 0.29) is 6.61 Å². The number of hydrogen-bond donors (Lipinski definition) is 0. The van der Waals surface area contributed by atoms with E-state index in [1.165, 1.54) is 0 Å². The van der Waals surface area contributed by atoms with E-state index in [2.05, 4.69) is 8.70 Å². The fourth-order valence-electron chi connectivity index (χ4n) is 0.540. The lowest BCUT2D eigenvalue weighted by Gasteiger charge is -2.00. The minimum atomic E-state index is -4.02. The predicted molar refractivity (Wildman–Crippen MR) is 40.2 cm³/mol. The van der Waals surface area contributed by atoms with Crippen LogP contribution in [0, 0.1) is 0 Å². The van der Waals surface area contributed by atoms with Crippen molar-refractivity contribution in [3.8, 4) is 0 Å². The molecule has 6 heteroatoms. The zero-order chi connectivity index (χ0) is 8.74. The highest BCUT2D eigenvalue weighted by Crippen LogP contribution is 1.99. The Morgan fingerprint density at radius 1 is 1.45 bits per heavy atom. The van der Waals surface area contributed by atoms with E-state index in [1.807, 2.05) is 6.92 Å². The molecule has 0 heterocycles. The Kier molecular flexibility index (Phi) is 4.97. The topological polar surface area (TPSA) is 78.0 Å². The highest BCUT2D eigenvalue weighted by atomic mass is 32.2. The third-order valence-electron chi connectivity index (χ3n) is 1.08. The molecular weight excluding hydrogens is 168 g/mol. The summed E-state index contributed by atoms with van der Waals surface area (Å²) in [5.41, 5.74) is 7.86. The summed E-state index contributed by atoms with van der Waals surface area (Å²) < 4.78 is 27.0. The monoisotopic (exact) mass is 179 g/mol. The van der Waals surface area contributed by atoms with Gasteiger partial charge in [0.15, 0.2) is 0 Å². The van der Waals surface area contributed by atoms with Crippen molar-refractivity contribution >= 4 is 10.3 Å². The van der Waals surface area contributed by atoms with E-state index >= 15 is 0 Å². The van der Waals surface area contributed by atoms with Gasteiger partial charge >= 0.3 is 10.3 Å². The molecule has 0 saturated heterocycles. The molecule has 0 aromatic carbocycles. The van der Waals surface area contributed by atoms with Gasteiger partial charge in [-0.1, -0.05) is 19.8 Å². The van der Waals surface area contributed by atoms with E-state index < -0.39 is 10.3 Å². The maximum atomic E-state index is 10.3. The van der Waals surface area contributed by atoms with Gasteiger partial charge in [0.2, 0.25) is 0 Å². The normalized spacial score (nSPS) is 11.4. The van der Waals surface area contributed by atoms with Crippen molar-refractivity contribution in [2.24, 2.45) is 4.52 Å². The first kappa shape index (κ1) is 10.5. The molecule has 0 aliphatic rings. The lowest BCUT2D eigenvalue weighted by atomic mass is 10.3. The quantitative estimate of drug-likeness (QED) is 0.457. The molecule has 11 heavy (non-hydrogen) atoms. The molecule has 0 radical (unpaired) electrons. The average Bonchev–Trinajstić information content (AvgIpc) is 1.99. The van der Waals surface area contributed by atoms with Crippen molar-refractivity contribution in [2.45, 2.75) is 26.2 Å². The van der Waals surface area contributed by atoms with Crippen molar-refractivity contribution in [1.29, 1.82) is 0 Å². The Hall–Kier alpha value is -0.490. The summed E-state index contributed by atoms with van der Waals surface area (Å²) >= 11 is 0. The molecule has 0 rings (SSSR count). The lowest BCUT2D eigenvalue weighted by molar-refractivity contribution is 0.308. The molecule has 0 atom stereocenters. The van der Waals surface area contributed by atoms with Crippen LogP contribution in [0.25, 0.3) is 5.53 Å². The molecule has 66 valence electrons. The molecule has 0 N–H and O–H groups in total. The summed E-state index contributed by atoms with van der Waals surface area (Å²) in [6.45, 7) is 2.07. The van der Waals surface area contributed by atoms with Crippen LogP contribution in [0.5, 0.6) is 0 Å². The Balaban J connectivity index is 3.47. The number of hydrogen-bond acceptors (Lipinski definition) is 3. The fourth-order valence-corrected chi connectivity index (χ4v) is 0.915. The fraction of sp³-hybridized carbons (Fsp3) is 1.00. The summed E-state index contributed by atoms with van der Waals surface area (Å²) in [7, 11) is -4.02. The van der Waals surface area contributed by atoms with E-state index in [4.69, 9.17) is 5.53 Å². The second kappa shape index (κ2) is 5.20. The zero-order valence-corrected chi connectivity index (χ0v) is 7.17. The largest absolute Gasteiger partial charge is 0.693 e. The van der Waals surface area contributed by atoms with Crippen LogP contribution in [0.2, 0.25) is 0 Å². The van der Waals surface area contributed by atoms with Crippen LogP contribution in [-0.2, 0) is 14.5 Å². The Morgan fingerprint density at radius 3 is 2.55 bits per heavy atom. The van der Waals surface area contributed by atoms with Gasteiger partial charge in [-0.2, -0.15) is 8.42 Å². The van der Waals surface area contributed by atoms with E-state index in [0.29, 0.717) is 6.42 Å². The van der Waals surface area contributed by atoms with Crippen molar-refractivity contribution in [2.75, 3.05) is 6.61 Å². The van der Waals surface area contributed by atoms with Gasteiger partial charge in [-0.05, 0) is 6.42 Å². The molecule has 0 aliphatic carbocycles. The summed E-state index contributed by atoms with van der Waals surface area (Å²) in [6, 6.07) is 0. The average molecular weight is 179 g/mol. The second-order valence-electron chi connectivity index (χ2n) is 2.04. The summed E-state index contributed by atoms with van der Waals surface area (Å²) in [6.07, 6.45) is 2.55. The molecule has 0 spiro atoms. The van der Waals surface area contributed by atoms with Crippen molar-refractivity contribution in [3.05, 3.63) is 5.53 Å². The molecular formula is C5H11N2O3S-. The van der Waals surface area contributed by atoms with Crippen molar-refractivity contribution < 1.29 is 12.6 Å². The molecule has 0 aromatic heterocycles. The van der Waals surface area contributed by atoms with Gasteiger partial charge in [-0.25, -0.2) is 0 Å². The molecule has 0 fully saturated rings. The first-order valence-corrected chi connectivity index (χ1v) is 4.74. The summed E-state index contributed by atoms with van der Waals surface area (Å²) in [5.74, 6) is 0.